The number of carbonyl (C=O) groups excluding carboxylic acids is 3. The van der Waals surface area contributed by atoms with Crippen molar-refractivity contribution in [3.8, 4) is 0 Å². The molecule has 0 aliphatic carbocycles. The van der Waals surface area contributed by atoms with Gasteiger partial charge in [-0.15, -0.1) is 0 Å². The molecule has 1 aliphatic rings. The van der Waals surface area contributed by atoms with Gasteiger partial charge in [-0.1, -0.05) is 0 Å². The number of imide groups is 1. The Hall–Kier alpha value is -1.63. The lowest BCUT2D eigenvalue weighted by Gasteiger charge is -2.16. The maximum absolute atomic E-state index is 11.4. The monoisotopic (exact) mass is 228 g/mol. The van der Waals surface area contributed by atoms with Gasteiger partial charge in [0.05, 0.1) is 6.04 Å². The number of urea groups is 1. The lowest BCUT2D eigenvalue weighted by atomic mass is 10.2. The van der Waals surface area contributed by atoms with E-state index in [0.717, 1.165) is 0 Å². The van der Waals surface area contributed by atoms with Crippen LogP contribution in [0.1, 0.15) is 13.3 Å². The predicted molar refractivity (Wildman–Crippen MR) is 56.6 cm³/mol. The third kappa shape index (κ3) is 3.50. The SMILES string of the molecule is CNC(=O)NC(=O)C(C)NC1CNC(=O)C1. The van der Waals surface area contributed by atoms with E-state index in [1.807, 2.05) is 0 Å². The van der Waals surface area contributed by atoms with Crippen molar-refractivity contribution in [3.05, 3.63) is 0 Å². The van der Waals surface area contributed by atoms with Gasteiger partial charge in [0.2, 0.25) is 11.8 Å². The molecule has 0 saturated carbocycles. The topological polar surface area (TPSA) is 99.3 Å². The van der Waals surface area contributed by atoms with E-state index < -0.39 is 18.0 Å². The fourth-order valence-electron chi connectivity index (χ4n) is 1.43. The number of amides is 4. The molecule has 0 aromatic rings. The zero-order valence-corrected chi connectivity index (χ0v) is 9.29. The van der Waals surface area contributed by atoms with Crippen molar-refractivity contribution in [2.75, 3.05) is 13.6 Å². The van der Waals surface area contributed by atoms with Gasteiger partial charge in [-0.05, 0) is 6.92 Å². The van der Waals surface area contributed by atoms with Crippen LogP contribution in [0.25, 0.3) is 0 Å². The first-order valence-corrected chi connectivity index (χ1v) is 5.08. The molecule has 7 heteroatoms. The summed E-state index contributed by atoms with van der Waals surface area (Å²) in [4.78, 5) is 33.2. The molecule has 1 fully saturated rings. The Balaban J connectivity index is 2.34. The minimum absolute atomic E-state index is 0.0311. The lowest BCUT2D eigenvalue weighted by molar-refractivity contribution is -0.122. The molecule has 4 amide bonds. The van der Waals surface area contributed by atoms with E-state index in [2.05, 4.69) is 21.3 Å². The second kappa shape index (κ2) is 5.45. The van der Waals surface area contributed by atoms with Crippen LogP contribution in [0.2, 0.25) is 0 Å². The summed E-state index contributed by atoms with van der Waals surface area (Å²) >= 11 is 0. The van der Waals surface area contributed by atoms with Crippen LogP contribution in [0.4, 0.5) is 4.79 Å². The summed E-state index contributed by atoms with van der Waals surface area (Å²) in [5.41, 5.74) is 0. The van der Waals surface area contributed by atoms with Gasteiger partial charge in [-0.3, -0.25) is 14.9 Å². The average Bonchev–Trinajstić information content (AvgIpc) is 2.63. The highest BCUT2D eigenvalue weighted by Gasteiger charge is 2.25. The normalized spacial score (nSPS) is 21.1. The summed E-state index contributed by atoms with van der Waals surface area (Å²) < 4.78 is 0. The smallest absolute Gasteiger partial charge is 0.321 e. The highest BCUT2D eigenvalue weighted by Crippen LogP contribution is 2.00. The van der Waals surface area contributed by atoms with Crippen molar-refractivity contribution in [1.82, 2.24) is 21.3 Å². The molecule has 4 N–H and O–H groups in total. The Morgan fingerprint density at radius 1 is 1.50 bits per heavy atom. The number of hydrogen-bond donors (Lipinski definition) is 4. The van der Waals surface area contributed by atoms with Crippen LogP contribution in [-0.4, -0.2) is 43.5 Å². The maximum atomic E-state index is 11.4. The molecule has 1 rings (SSSR count). The van der Waals surface area contributed by atoms with E-state index >= 15 is 0 Å². The van der Waals surface area contributed by atoms with Gasteiger partial charge in [0, 0.05) is 26.1 Å². The zero-order chi connectivity index (χ0) is 12.1. The highest BCUT2D eigenvalue weighted by atomic mass is 16.2. The second-order valence-electron chi connectivity index (χ2n) is 3.66. The molecule has 0 radical (unpaired) electrons. The van der Waals surface area contributed by atoms with Crippen molar-refractivity contribution >= 4 is 17.8 Å². The third-order valence-electron chi connectivity index (χ3n) is 2.32. The highest BCUT2D eigenvalue weighted by molar-refractivity contribution is 5.96. The van der Waals surface area contributed by atoms with Crippen LogP contribution >= 0.6 is 0 Å². The fourth-order valence-corrected chi connectivity index (χ4v) is 1.43. The first kappa shape index (κ1) is 12.4. The molecule has 1 aliphatic heterocycles. The first-order chi connectivity index (χ1) is 7.52. The van der Waals surface area contributed by atoms with Crippen LogP contribution in [0, 0.1) is 0 Å². The summed E-state index contributed by atoms with van der Waals surface area (Å²) in [5.74, 6) is -0.449. The third-order valence-corrected chi connectivity index (χ3v) is 2.32. The van der Waals surface area contributed by atoms with E-state index in [-0.39, 0.29) is 11.9 Å². The van der Waals surface area contributed by atoms with Crippen LogP contribution in [0.15, 0.2) is 0 Å². The molecular weight excluding hydrogens is 212 g/mol. The Morgan fingerprint density at radius 2 is 2.19 bits per heavy atom. The summed E-state index contributed by atoms with van der Waals surface area (Å²) in [6.45, 7) is 2.15. The van der Waals surface area contributed by atoms with Gasteiger partial charge < -0.3 is 16.0 Å². The summed E-state index contributed by atoms with van der Waals surface area (Å²) in [6, 6.07) is -1.12. The average molecular weight is 228 g/mol. The molecule has 1 heterocycles. The quantitative estimate of drug-likeness (QED) is 0.463. The first-order valence-electron chi connectivity index (χ1n) is 5.08. The Morgan fingerprint density at radius 3 is 2.69 bits per heavy atom. The largest absolute Gasteiger partial charge is 0.354 e. The molecule has 2 atom stereocenters. The maximum Gasteiger partial charge on any atom is 0.321 e. The predicted octanol–water partition coefficient (Wildman–Crippen LogP) is -1.69. The molecule has 2 unspecified atom stereocenters. The van der Waals surface area contributed by atoms with Gasteiger partial charge in [0.1, 0.15) is 0 Å². The van der Waals surface area contributed by atoms with Crippen molar-refractivity contribution in [2.24, 2.45) is 0 Å². The Bertz CT molecular complexity index is 305. The van der Waals surface area contributed by atoms with Crippen LogP contribution in [-0.2, 0) is 9.59 Å². The van der Waals surface area contributed by atoms with E-state index in [4.69, 9.17) is 0 Å². The number of hydrogen-bond acceptors (Lipinski definition) is 4. The van der Waals surface area contributed by atoms with Crippen molar-refractivity contribution in [1.29, 1.82) is 0 Å². The Labute approximate surface area is 93.3 Å². The summed E-state index contributed by atoms with van der Waals surface area (Å²) in [7, 11) is 1.43. The van der Waals surface area contributed by atoms with E-state index in [1.54, 1.807) is 6.92 Å². The standard InChI is InChI=1S/C9H16N4O3/c1-5(8(15)13-9(16)10-2)12-6-3-7(14)11-4-6/h5-6,12H,3-4H2,1-2H3,(H,11,14)(H2,10,13,15,16). The number of carbonyl (C=O) groups is 3. The molecule has 0 aromatic heterocycles. The van der Waals surface area contributed by atoms with E-state index in [0.29, 0.717) is 13.0 Å². The molecule has 0 spiro atoms. The summed E-state index contributed by atoms with van der Waals surface area (Å²) in [6.07, 6.45) is 0.359. The molecule has 7 nitrogen and oxygen atoms in total. The van der Waals surface area contributed by atoms with Crippen molar-refractivity contribution in [2.45, 2.75) is 25.4 Å². The second-order valence-corrected chi connectivity index (χ2v) is 3.66. The van der Waals surface area contributed by atoms with Crippen LogP contribution in [0.5, 0.6) is 0 Å². The van der Waals surface area contributed by atoms with Crippen molar-refractivity contribution in [3.63, 3.8) is 0 Å². The van der Waals surface area contributed by atoms with E-state index in [9.17, 15) is 14.4 Å². The lowest BCUT2D eigenvalue weighted by Crippen LogP contribution is -2.50. The van der Waals surface area contributed by atoms with E-state index in [1.165, 1.54) is 7.05 Å². The molecular formula is C9H16N4O3. The molecule has 0 bridgehead atoms. The Kier molecular flexibility index (Phi) is 4.24. The van der Waals surface area contributed by atoms with Gasteiger partial charge in [-0.2, -0.15) is 0 Å². The van der Waals surface area contributed by atoms with Crippen LogP contribution in [0.3, 0.4) is 0 Å². The number of rotatable bonds is 3. The molecule has 90 valence electrons. The van der Waals surface area contributed by atoms with Gasteiger partial charge >= 0.3 is 6.03 Å². The van der Waals surface area contributed by atoms with Gasteiger partial charge in [0.25, 0.3) is 0 Å². The number of nitrogens with one attached hydrogen (secondary N) is 4. The fraction of sp³-hybridized carbons (Fsp3) is 0.667. The minimum atomic E-state index is -0.542. The van der Waals surface area contributed by atoms with Crippen molar-refractivity contribution < 1.29 is 14.4 Å². The van der Waals surface area contributed by atoms with Gasteiger partial charge in [-0.25, -0.2) is 4.79 Å². The van der Waals surface area contributed by atoms with Gasteiger partial charge in [0.15, 0.2) is 0 Å². The molecule has 0 aromatic carbocycles. The molecule has 16 heavy (non-hydrogen) atoms. The zero-order valence-electron chi connectivity index (χ0n) is 9.29. The van der Waals surface area contributed by atoms with Crippen LogP contribution < -0.4 is 21.3 Å². The minimum Gasteiger partial charge on any atom is -0.354 e. The molecule has 1 saturated heterocycles. The summed E-state index contributed by atoms with van der Waals surface area (Å²) in [5, 5.41) is 10.1.